The molecule has 0 fully saturated rings. The average molecular weight is 379 g/mol. The minimum atomic E-state index is -0.365. The van der Waals surface area contributed by atoms with E-state index in [-0.39, 0.29) is 29.9 Å². The fourth-order valence-electron chi connectivity index (χ4n) is 3.63. The van der Waals surface area contributed by atoms with Crippen LogP contribution in [0.2, 0.25) is 0 Å². The van der Waals surface area contributed by atoms with Crippen molar-refractivity contribution in [3.8, 4) is 0 Å². The molecule has 1 aliphatic heterocycles. The van der Waals surface area contributed by atoms with E-state index in [1.54, 1.807) is 9.13 Å². The molecular weight excluding hydrogens is 359 g/mol. The molecule has 0 saturated heterocycles. The van der Waals surface area contributed by atoms with Crippen molar-refractivity contribution in [3.05, 3.63) is 76.0 Å². The van der Waals surface area contributed by atoms with Crippen molar-refractivity contribution in [3.63, 3.8) is 0 Å². The van der Waals surface area contributed by atoms with Gasteiger partial charge in [-0.05, 0) is 49.8 Å². The molecule has 2 aromatic rings. The molecule has 0 saturated carbocycles. The first-order valence-electron chi connectivity index (χ1n) is 9.16. The second kappa shape index (κ2) is 6.99. The number of aromatic nitrogens is 2. The van der Waals surface area contributed by atoms with E-state index in [0.717, 1.165) is 11.4 Å². The topological polar surface area (TPSA) is 67.3 Å². The number of amides is 1. The van der Waals surface area contributed by atoms with Gasteiger partial charge in [0.1, 0.15) is 5.82 Å². The molecule has 1 aromatic carbocycles. The number of aliphatic imine (C=N–C) groups is 1. The van der Waals surface area contributed by atoms with Crippen LogP contribution in [-0.2, 0) is 17.8 Å². The van der Waals surface area contributed by atoms with Crippen LogP contribution in [0.25, 0.3) is 0 Å². The maximum atomic E-state index is 13.1. The van der Waals surface area contributed by atoms with Crippen molar-refractivity contribution >= 4 is 23.3 Å². The quantitative estimate of drug-likeness (QED) is 0.830. The highest BCUT2D eigenvalue weighted by Gasteiger charge is 2.38. The smallest absolute Gasteiger partial charge is 0.323 e. The molecule has 28 heavy (non-hydrogen) atoms. The Morgan fingerprint density at radius 1 is 1.29 bits per heavy atom. The van der Waals surface area contributed by atoms with Gasteiger partial charge in [-0.1, -0.05) is 24.1 Å². The van der Waals surface area contributed by atoms with Gasteiger partial charge in [0, 0.05) is 5.69 Å². The van der Waals surface area contributed by atoms with Gasteiger partial charge in [-0.3, -0.25) is 9.59 Å². The number of nitrogens with zero attached hydrogens (tertiary/aromatic N) is 3. The SMILES string of the molecule is CCc1c(C)[n+](CC(=O)Nc2ccc(F)cc2)c2n(c1=O)C1C=CC=CC1=N2. The zero-order valence-corrected chi connectivity index (χ0v) is 15.6. The minimum absolute atomic E-state index is 0.00273. The van der Waals surface area contributed by atoms with Crippen molar-refractivity contribution in [2.45, 2.75) is 32.9 Å². The predicted octanol–water partition coefficient (Wildman–Crippen LogP) is 2.54. The second-order valence-corrected chi connectivity index (χ2v) is 6.76. The molecule has 6 nitrogen and oxygen atoms in total. The zero-order valence-electron chi connectivity index (χ0n) is 15.6. The Hall–Kier alpha value is -3.35. The lowest BCUT2D eigenvalue weighted by Crippen LogP contribution is -2.49. The van der Waals surface area contributed by atoms with Crippen LogP contribution < -0.4 is 15.4 Å². The summed E-state index contributed by atoms with van der Waals surface area (Å²) in [4.78, 5) is 30.3. The summed E-state index contributed by atoms with van der Waals surface area (Å²) in [6.07, 6.45) is 8.13. The maximum Gasteiger partial charge on any atom is 0.403 e. The normalized spacial score (nSPS) is 16.5. The van der Waals surface area contributed by atoms with E-state index in [4.69, 9.17) is 0 Å². The molecule has 0 spiro atoms. The number of halogens is 1. The Morgan fingerprint density at radius 2 is 2.04 bits per heavy atom. The van der Waals surface area contributed by atoms with E-state index in [9.17, 15) is 14.0 Å². The maximum absolute atomic E-state index is 13.1. The van der Waals surface area contributed by atoms with Crippen LogP contribution in [0, 0.1) is 12.7 Å². The average Bonchev–Trinajstić information content (AvgIpc) is 3.07. The summed E-state index contributed by atoms with van der Waals surface area (Å²) in [7, 11) is 0. The first kappa shape index (κ1) is 18.0. The molecule has 7 heteroatoms. The van der Waals surface area contributed by atoms with E-state index < -0.39 is 0 Å². The summed E-state index contributed by atoms with van der Waals surface area (Å²) in [5.74, 6) is -0.176. The van der Waals surface area contributed by atoms with Crippen LogP contribution in [0.4, 0.5) is 16.0 Å². The summed E-state index contributed by atoms with van der Waals surface area (Å²) in [6.45, 7) is 3.76. The highest BCUT2D eigenvalue weighted by atomic mass is 19.1. The van der Waals surface area contributed by atoms with Gasteiger partial charge in [0.15, 0.2) is 18.3 Å². The first-order chi connectivity index (χ1) is 13.5. The lowest BCUT2D eigenvalue weighted by atomic mass is 10.1. The number of nitrogens with one attached hydrogen (secondary N) is 1. The van der Waals surface area contributed by atoms with Gasteiger partial charge in [-0.2, -0.15) is 4.57 Å². The summed E-state index contributed by atoms with van der Waals surface area (Å²) in [5, 5.41) is 2.76. The predicted molar refractivity (Wildman–Crippen MR) is 104 cm³/mol. The Morgan fingerprint density at radius 3 is 2.75 bits per heavy atom. The second-order valence-electron chi connectivity index (χ2n) is 6.76. The van der Waals surface area contributed by atoms with Crippen molar-refractivity contribution in [1.29, 1.82) is 0 Å². The fourth-order valence-corrected chi connectivity index (χ4v) is 3.63. The van der Waals surface area contributed by atoms with Crippen molar-refractivity contribution in [2.75, 3.05) is 5.32 Å². The van der Waals surface area contributed by atoms with Crippen LogP contribution in [0.15, 0.2) is 58.4 Å². The van der Waals surface area contributed by atoms with Gasteiger partial charge < -0.3 is 5.32 Å². The van der Waals surface area contributed by atoms with Crippen LogP contribution in [-0.4, -0.2) is 16.2 Å². The molecule has 142 valence electrons. The lowest BCUT2D eigenvalue weighted by Gasteiger charge is -2.14. The van der Waals surface area contributed by atoms with Crippen LogP contribution in [0.1, 0.15) is 24.2 Å². The van der Waals surface area contributed by atoms with E-state index in [2.05, 4.69) is 10.3 Å². The van der Waals surface area contributed by atoms with E-state index in [1.165, 1.54) is 24.3 Å². The van der Waals surface area contributed by atoms with Crippen molar-refractivity contribution in [2.24, 2.45) is 4.99 Å². The number of benzene rings is 1. The molecule has 1 atom stereocenters. The standard InChI is InChI=1S/C21H19FN4O2/c1-3-16-13(2)25(12-19(27)23-15-10-8-14(22)9-11-15)21-24-17-6-4-5-7-18(17)26(21)20(16)28/h4-11,18H,3,12H2,1-2H3/p+1. The zero-order chi connectivity index (χ0) is 19.8. The number of rotatable bonds is 4. The number of hydrogen-bond donors (Lipinski definition) is 1. The van der Waals surface area contributed by atoms with Crippen molar-refractivity contribution in [1.82, 2.24) is 4.57 Å². The number of allylic oxidation sites excluding steroid dienone is 4. The highest BCUT2D eigenvalue weighted by Crippen LogP contribution is 2.27. The largest absolute Gasteiger partial charge is 0.403 e. The van der Waals surface area contributed by atoms with E-state index in [0.29, 0.717) is 23.6 Å². The molecule has 0 radical (unpaired) electrons. The molecule has 2 aliphatic rings. The number of anilines is 1. The summed E-state index contributed by atoms with van der Waals surface area (Å²) in [6, 6.07) is 5.35. The van der Waals surface area contributed by atoms with Crippen LogP contribution in [0.5, 0.6) is 0 Å². The molecule has 1 aliphatic carbocycles. The number of fused-ring (bicyclic) bond motifs is 3. The number of carbonyl (C=O) groups is 1. The Balaban J connectivity index is 1.74. The molecular formula is C21H20FN4O2+. The summed E-state index contributed by atoms with van der Waals surface area (Å²) < 4.78 is 16.5. The molecule has 1 N–H and O–H groups in total. The van der Waals surface area contributed by atoms with Crippen LogP contribution >= 0.6 is 0 Å². The monoisotopic (exact) mass is 379 g/mol. The van der Waals surface area contributed by atoms with E-state index >= 15 is 0 Å². The third-order valence-corrected chi connectivity index (χ3v) is 5.04. The minimum Gasteiger partial charge on any atom is -0.323 e. The van der Waals surface area contributed by atoms with E-state index in [1.807, 2.05) is 38.2 Å². The number of hydrogen-bond acceptors (Lipinski definition) is 3. The molecule has 2 heterocycles. The van der Waals surface area contributed by atoms with Gasteiger partial charge in [-0.25, -0.2) is 8.96 Å². The number of carbonyl (C=O) groups excluding carboxylic acids is 1. The third-order valence-electron chi connectivity index (χ3n) is 5.04. The lowest BCUT2D eigenvalue weighted by molar-refractivity contribution is -0.681. The molecule has 1 aromatic heterocycles. The first-order valence-corrected chi connectivity index (χ1v) is 9.16. The molecule has 1 unspecified atom stereocenters. The summed E-state index contributed by atoms with van der Waals surface area (Å²) in [5.41, 5.74) is 2.60. The van der Waals surface area contributed by atoms with Gasteiger partial charge in [0.05, 0.1) is 11.3 Å². The molecule has 1 amide bonds. The molecule has 4 rings (SSSR count). The summed E-state index contributed by atoms with van der Waals surface area (Å²) >= 11 is 0. The van der Waals surface area contributed by atoms with Crippen LogP contribution in [0.3, 0.4) is 0 Å². The third kappa shape index (κ3) is 2.98. The fraction of sp³-hybridized carbons (Fsp3) is 0.238. The highest BCUT2D eigenvalue weighted by molar-refractivity contribution is 6.03. The van der Waals surface area contributed by atoms with Gasteiger partial charge in [0.25, 0.3) is 5.91 Å². The van der Waals surface area contributed by atoms with Crippen molar-refractivity contribution < 1.29 is 13.8 Å². The Kier molecular flexibility index (Phi) is 4.50. The Bertz CT molecular complexity index is 1110. The molecule has 0 bridgehead atoms. The van der Waals surface area contributed by atoms with Gasteiger partial charge >= 0.3 is 11.5 Å². The Labute approximate surface area is 161 Å². The van der Waals surface area contributed by atoms with Gasteiger partial charge in [-0.15, -0.1) is 0 Å². The van der Waals surface area contributed by atoms with Gasteiger partial charge in [0.2, 0.25) is 0 Å².